The van der Waals surface area contributed by atoms with E-state index < -0.39 is 12.5 Å². The van der Waals surface area contributed by atoms with Gasteiger partial charge in [-0.2, -0.15) is 8.78 Å². The molecule has 5 nitrogen and oxygen atoms in total. The van der Waals surface area contributed by atoms with Crippen molar-refractivity contribution in [2.24, 2.45) is 0 Å². The Morgan fingerprint density at radius 3 is 2.54 bits per heavy atom. The average Bonchev–Trinajstić information content (AvgIpc) is 3.03. The monoisotopic (exact) mass is 402 g/mol. The molecule has 0 radical (unpaired) electrons. The van der Waals surface area contributed by atoms with Crippen molar-refractivity contribution in [2.75, 3.05) is 18.4 Å². The number of amides is 2. The van der Waals surface area contributed by atoms with E-state index in [1.54, 1.807) is 4.90 Å². The highest BCUT2D eigenvalue weighted by Gasteiger charge is 2.19. The summed E-state index contributed by atoms with van der Waals surface area (Å²) in [6.07, 6.45) is 0. The van der Waals surface area contributed by atoms with Crippen LogP contribution in [-0.2, 0) is 0 Å². The van der Waals surface area contributed by atoms with Crippen molar-refractivity contribution in [1.29, 1.82) is 0 Å². The van der Waals surface area contributed by atoms with Crippen LogP contribution in [0.25, 0.3) is 0 Å². The number of ether oxygens (including phenoxy) is 1. The first-order valence-electron chi connectivity index (χ1n) is 7.79. The first-order chi connectivity index (χ1) is 12.4. The van der Waals surface area contributed by atoms with Gasteiger partial charge in [0.25, 0.3) is 11.8 Å². The van der Waals surface area contributed by atoms with Gasteiger partial charge in [0, 0.05) is 18.8 Å². The lowest BCUT2D eigenvalue weighted by molar-refractivity contribution is -0.0498. The number of hydrogen-bond donors (Lipinski definition) is 1. The molecule has 0 fully saturated rings. The average molecular weight is 403 g/mol. The highest BCUT2D eigenvalue weighted by molar-refractivity contribution is 7.12. The molecule has 0 spiro atoms. The highest BCUT2D eigenvalue weighted by Crippen LogP contribution is 2.28. The normalized spacial score (nSPS) is 10.7. The van der Waals surface area contributed by atoms with E-state index in [0.717, 1.165) is 11.3 Å². The quantitative estimate of drug-likeness (QED) is 0.727. The SMILES string of the molecule is CCN(CC)C(=O)c1ccc(NC(=O)c2sccc2OC(F)F)cc1Cl. The summed E-state index contributed by atoms with van der Waals surface area (Å²) >= 11 is 7.15. The van der Waals surface area contributed by atoms with Crippen LogP contribution in [0.1, 0.15) is 33.9 Å². The van der Waals surface area contributed by atoms with Crippen LogP contribution in [-0.4, -0.2) is 36.4 Å². The van der Waals surface area contributed by atoms with E-state index in [4.69, 9.17) is 11.6 Å². The Morgan fingerprint density at radius 2 is 1.96 bits per heavy atom. The minimum Gasteiger partial charge on any atom is -0.433 e. The molecule has 2 aromatic rings. The molecule has 1 heterocycles. The van der Waals surface area contributed by atoms with Crippen molar-refractivity contribution >= 4 is 40.4 Å². The number of carbonyl (C=O) groups excluding carboxylic acids is 2. The molecule has 0 atom stereocenters. The lowest BCUT2D eigenvalue weighted by Crippen LogP contribution is -2.30. The Bertz CT molecular complexity index is 794. The number of nitrogens with one attached hydrogen (secondary N) is 1. The number of hydrogen-bond acceptors (Lipinski definition) is 4. The molecule has 0 saturated carbocycles. The second-order valence-corrected chi connectivity index (χ2v) is 6.44. The van der Waals surface area contributed by atoms with Crippen LogP contribution in [0.2, 0.25) is 5.02 Å². The van der Waals surface area contributed by atoms with Crippen LogP contribution in [0, 0.1) is 0 Å². The van der Waals surface area contributed by atoms with Gasteiger partial charge in [0.05, 0.1) is 10.6 Å². The maximum Gasteiger partial charge on any atom is 0.387 e. The van der Waals surface area contributed by atoms with Gasteiger partial charge in [-0.05, 0) is 43.5 Å². The van der Waals surface area contributed by atoms with Gasteiger partial charge in [-0.25, -0.2) is 0 Å². The van der Waals surface area contributed by atoms with Crippen LogP contribution in [0.5, 0.6) is 5.75 Å². The van der Waals surface area contributed by atoms with Crippen molar-refractivity contribution in [3.05, 3.63) is 45.1 Å². The van der Waals surface area contributed by atoms with Crippen molar-refractivity contribution in [2.45, 2.75) is 20.5 Å². The molecule has 0 unspecified atom stereocenters. The maximum atomic E-state index is 12.4. The molecule has 0 aliphatic rings. The Hall–Kier alpha value is -2.19. The van der Waals surface area contributed by atoms with Crippen molar-refractivity contribution in [3.63, 3.8) is 0 Å². The zero-order valence-corrected chi connectivity index (χ0v) is 15.7. The molecule has 2 amide bonds. The fraction of sp³-hybridized carbons (Fsp3) is 0.294. The summed E-state index contributed by atoms with van der Waals surface area (Å²) in [4.78, 5) is 26.3. The van der Waals surface area contributed by atoms with E-state index in [-0.39, 0.29) is 21.6 Å². The number of halogens is 3. The van der Waals surface area contributed by atoms with Gasteiger partial charge < -0.3 is 15.0 Å². The van der Waals surface area contributed by atoms with Gasteiger partial charge in [0.2, 0.25) is 0 Å². The second kappa shape index (κ2) is 8.95. The van der Waals surface area contributed by atoms with Crippen molar-refractivity contribution < 1.29 is 23.1 Å². The Balaban J connectivity index is 2.16. The van der Waals surface area contributed by atoms with Crippen molar-refractivity contribution in [1.82, 2.24) is 4.90 Å². The fourth-order valence-electron chi connectivity index (χ4n) is 2.29. The van der Waals surface area contributed by atoms with E-state index in [9.17, 15) is 18.4 Å². The third-order valence-corrected chi connectivity index (χ3v) is 4.77. The summed E-state index contributed by atoms with van der Waals surface area (Å²) in [6.45, 7) is 1.81. The molecular weight excluding hydrogens is 386 g/mol. The number of thiophene rings is 1. The van der Waals surface area contributed by atoms with Crippen LogP contribution in [0.15, 0.2) is 29.6 Å². The van der Waals surface area contributed by atoms with Gasteiger partial charge in [-0.15, -0.1) is 11.3 Å². The van der Waals surface area contributed by atoms with Crippen LogP contribution in [0.3, 0.4) is 0 Å². The van der Waals surface area contributed by atoms with Gasteiger partial charge in [0.15, 0.2) is 0 Å². The largest absolute Gasteiger partial charge is 0.433 e. The third-order valence-electron chi connectivity index (χ3n) is 3.56. The molecule has 1 aromatic heterocycles. The van der Waals surface area contributed by atoms with Crippen molar-refractivity contribution in [3.8, 4) is 5.75 Å². The summed E-state index contributed by atoms with van der Waals surface area (Å²) in [5, 5.41) is 4.23. The number of benzene rings is 1. The van der Waals surface area contributed by atoms with Gasteiger partial charge in [0.1, 0.15) is 10.6 Å². The van der Waals surface area contributed by atoms with Gasteiger partial charge in [-0.1, -0.05) is 11.6 Å². The first kappa shape index (κ1) is 20.1. The minimum atomic E-state index is -3.02. The minimum absolute atomic E-state index is 0.0183. The molecule has 26 heavy (non-hydrogen) atoms. The molecule has 0 aliphatic carbocycles. The topological polar surface area (TPSA) is 58.6 Å². The number of rotatable bonds is 7. The summed E-state index contributed by atoms with van der Waals surface area (Å²) in [5.41, 5.74) is 0.665. The summed E-state index contributed by atoms with van der Waals surface area (Å²) in [6, 6.07) is 5.79. The Morgan fingerprint density at radius 1 is 1.27 bits per heavy atom. The molecule has 1 aromatic carbocycles. The lowest BCUT2D eigenvalue weighted by atomic mass is 10.1. The number of anilines is 1. The van der Waals surface area contributed by atoms with E-state index in [2.05, 4.69) is 10.1 Å². The maximum absolute atomic E-state index is 12.4. The molecule has 1 N–H and O–H groups in total. The summed E-state index contributed by atoms with van der Waals surface area (Å²) < 4.78 is 29.0. The first-order valence-corrected chi connectivity index (χ1v) is 9.05. The van der Waals surface area contributed by atoms with E-state index in [1.807, 2.05) is 13.8 Å². The van der Waals surface area contributed by atoms with E-state index in [0.29, 0.717) is 24.3 Å². The molecule has 9 heteroatoms. The fourth-order valence-corrected chi connectivity index (χ4v) is 3.27. The molecule has 140 valence electrons. The van der Waals surface area contributed by atoms with Gasteiger partial charge in [-0.3, -0.25) is 9.59 Å². The second-order valence-electron chi connectivity index (χ2n) is 5.12. The predicted molar refractivity (Wildman–Crippen MR) is 97.6 cm³/mol. The third kappa shape index (κ3) is 4.70. The number of carbonyl (C=O) groups is 2. The van der Waals surface area contributed by atoms with Crippen LogP contribution < -0.4 is 10.1 Å². The standard InChI is InChI=1S/C17H17ClF2N2O3S/c1-3-22(4-2)16(24)11-6-5-10(9-12(11)18)21-15(23)14-13(7-8-26-14)25-17(19)20/h5-9,17H,3-4H2,1-2H3,(H,21,23). The van der Waals surface area contributed by atoms with E-state index in [1.165, 1.54) is 29.6 Å². The summed E-state index contributed by atoms with van der Waals surface area (Å²) in [7, 11) is 0. The zero-order valence-electron chi connectivity index (χ0n) is 14.1. The van der Waals surface area contributed by atoms with Crippen LogP contribution >= 0.6 is 22.9 Å². The Labute approximate surface area is 158 Å². The number of nitrogens with zero attached hydrogens (tertiary/aromatic N) is 1. The van der Waals surface area contributed by atoms with Gasteiger partial charge >= 0.3 is 6.61 Å². The smallest absolute Gasteiger partial charge is 0.387 e. The van der Waals surface area contributed by atoms with E-state index >= 15 is 0 Å². The van der Waals surface area contributed by atoms with Crippen LogP contribution in [0.4, 0.5) is 14.5 Å². The molecule has 0 saturated heterocycles. The molecule has 0 bridgehead atoms. The molecule has 0 aliphatic heterocycles. The number of alkyl halides is 2. The predicted octanol–water partition coefficient (Wildman–Crippen LogP) is 4.74. The Kier molecular flexibility index (Phi) is 6.93. The zero-order chi connectivity index (χ0) is 19.3. The molecule has 2 rings (SSSR count). The molecular formula is C17H17ClF2N2O3S. The summed E-state index contributed by atoms with van der Waals surface area (Å²) in [5.74, 6) is -1.000. The highest BCUT2D eigenvalue weighted by atomic mass is 35.5. The lowest BCUT2D eigenvalue weighted by Gasteiger charge is -2.19.